The second kappa shape index (κ2) is 10.2. The highest BCUT2D eigenvalue weighted by Crippen LogP contribution is 2.25. The van der Waals surface area contributed by atoms with Crippen LogP contribution in [0.1, 0.15) is 0 Å². The van der Waals surface area contributed by atoms with Crippen LogP contribution in [-0.2, 0) is 9.59 Å². The number of benzene rings is 2. The molecule has 0 aliphatic rings. The molecule has 2 rings (SSSR count). The molecule has 0 spiro atoms. The summed E-state index contributed by atoms with van der Waals surface area (Å²) in [6, 6.07) is 12.7. The molecule has 0 aromatic heterocycles. The second-order valence-corrected chi connectivity index (χ2v) is 5.87. The molecule has 9 heteroatoms. The van der Waals surface area contributed by atoms with Gasteiger partial charge in [-0.25, -0.2) is 0 Å². The number of para-hydroxylation sites is 2. The van der Waals surface area contributed by atoms with Gasteiger partial charge in [-0.15, -0.1) is 0 Å². The number of carbonyl (C=O) groups excluding carboxylic acids is 2. The van der Waals surface area contributed by atoms with Gasteiger partial charge >= 0.3 is 6.61 Å². The van der Waals surface area contributed by atoms with Gasteiger partial charge in [-0.3, -0.25) is 14.5 Å². The van der Waals surface area contributed by atoms with E-state index in [0.717, 1.165) is 0 Å². The van der Waals surface area contributed by atoms with E-state index in [1.54, 1.807) is 44.5 Å². The third-order valence-corrected chi connectivity index (χ3v) is 3.58. The molecule has 2 amide bonds. The molecule has 0 saturated carbocycles. The van der Waals surface area contributed by atoms with Crippen LogP contribution >= 0.6 is 0 Å². The molecule has 7 nitrogen and oxygen atoms in total. The Morgan fingerprint density at radius 2 is 1.61 bits per heavy atom. The van der Waals surface area contributed by atoms with Crippen LogP contribution in [0.25, 0.3) is 0 Å². The number of halogens is 2. The topological polar surface area (TPSA) is 79.9 Å². The maximum Gasteiger partial charge on any atom is 0.387 e. The molecule has 0 bridgehead atoms. The molecule has 0 radical (unpaired) electrons. The molecule has 0 unspecified atom stereocenters. The number of nitrogens with zero attached hydrogens (tertiary/aromatic N) is 1. The molecule has 0 aliphatic heterocycles. The third kappa shape index (κ3) is 6.84. The predicted octanol–water partition coefficient (Wildman–Crippen LogP) is 2.81. The summed E-state index contributed by atoms with van der Waals surface area (Å²) < 4.78 is 34.2. The number of rotatable bonds is 9. The van der Waals surface area contributed by atoms with Crippen molar-refractivity contribution in [2.75, 3.05) is 37.9 Å². The van der Waals surface area contributed by atoms with Crippen LogP contribution in [0.3, 0.4) is 0 Å². The van der Waals surface area contributed by atoms with Gasteiger partial charge in [0.15, 0.2) is 0 Å². The van der Waals surface area contributed by atoms with Crippen molar-refractivity contribution in [2.45, 2.75) is 6.61 Å². The molecule has 0 fully saturated rings. The molecule has 0 aliphatic carbocycles. The standard InChI is InChI=1S/C19H21F2N3O4/c1-24(11-17(25)22-13-7-9-14(27-2)10-8-13)12-18(26)23-15-5-3-4-6-16(15)28-19(20)21/h3-10,19H,11-12H2,1-2H3,(H,22,25)(H,23,26). The number of hydrogen-bond acceptors (Lipinski definition) is 5. The van der Waals surface area contributed by atoms with Gasteiger partial charge in [-0.1, -0.05) is 12.1 Å². The monoisotopic (exact) mass is 393 g/mol. The predicted molar refractivity (Wildman–Crippen MR) is 101 cm³/mol. The summed E-state index contributed by atoms with van der Waals surface area (Å²) in [6.07, 6.45) is 0. The maximum atomic E-state index is 12.4. The zero-order valence-corrected chi connectivity index (χ0v) is 15.4. The first-order chi connectivity index (χ1) is 13.4. The van der Waals surface area contributed by atoms with E-state index in [0.29, 0.717) is 11.4 Å². The van der Waals surface area contributed by atoms with Gasteiger partial charge in [0.25, 0.3) is 0 Å². The van der Waals surface area contributed by atoms with E-state index in [9.17, 15) is 18.4 Å². The van der Waals surface area contributed by atoms with Crippen LogP contribution in [0.2, 0.25) is 0 Å². The number of anilines is 2. The minimum Gasteiger partial charge on any atom is -0.497 e. The SMILES string of the molecule is COc1ccc(NC(=O)CN(C)CC(=O)Nc2ccccc2OC(F)F)cc1. The molecule has 150 valence electrons. The molecule has 2 aromatic rings. The summed E-state index contributed by atoms with van der Waals surface area (Å²) in [6.45, 7) is -3.14. The van der Waals surface area contributed by atoms with E-state index in [1.165, 1.54) is 23.1 Å². The average Bonchev–Trinajstić information content (AvgIpc) is 2.63. The van der Waals surface area contributed by atoms with Crippen LogP contribution in [0, 0.1) is 0 Å². The van der Waals surface area contributed by atoms with Gasteiger partial charge in [0.05, 0.1) is 25.9 Å². The fourth-order valence-electron chi connectivity index (χ4n) is 2.38. The van der Waals surface area contributed by atoms with Crippen LogP contribution in [0.5, 0.6) is 11.5 Å². The van der Waals surface area contributed by atoms with Crippen molar-refractivity contribution in [2.24, 2.45) is 0 Å². The van der Waals surface area contributed by atoms with Crippen LogP contribution in [0.15, 0.2) is 48.5 Å². The summed E-state index contributed by atoms with van der Waals surface area (Å²) in [4.78, 5) is 25.7. The van der Waals surface area contributed by atoms with Crippen LogP contribution in [0.4, 0.5) is 20.2 Å². The van der Waals surface area contributed by atoms with E-state index >= 15 is 0 Å². The molecule has 28 heavy (non-hydrogen) atoms. The molecule has 0 atom stereocenters. The van der Waals surface area contributed by atoms with E-state index in [1.807, 2.05) is 0 Å². The minimum absolute atomic E-state index is 0.0331. The molecular weight excluding hydrogens is 372 g/mol. The molecule has 2 N–H and O–H groups in total. The Labute approximate surface area is 161 Å². The van der Waals surface area contributed by atoms with Crippen molar-refractivity contribution in [3.63, 3.8) is 0 Å². The Hall–Kier alpha value is -3.20. The molecular formula is C19H21F2N3O4. The van der Waals surface area contributed by atoms with Crippen molar-refractivity contribution in [3.05, 3.63) is 48.5 Å². The van der Waals surface area contributed by atoms with Gasteiger partial charge < -0.3 is 20.1 Å². The normalized spacial score (nSPS) is 10.6. The number of nitrogens with one attached hydrogen (secondary N) is 2. The number of hydrogen-bond donors (Lipinski definition) is 2. The number of amides is 2. The van der Waals surface area contributed by atoms with Gasteiger partial charge in [0.1, 0.15) is 11.5 Å². The van der Waals surface area contributed by atoms with Crippen molar-refractivity contribution in [1.29, 1.82) is 0 Å². The van der Waals surface area contributed by atoms with Gasteiger partial charge in [-0.05, 0) is 43.4 Å². The van der Waals surface area contributed by atoms with E-state index in [2.05, 4.69) is 15.4 Å². The van der Waals surface area contributed by atoms with Gasteiger partial charge in [0.2, 0.25) is 11.8 Å². The quantitative estimate of drug-likeness (QED) is 0.685. The summed E-state index contributed by atoms with van der Waals surface area (Å²) in [7, 11) is 3.14. The molecule has 0 saturated heterocycles. The second-order valence-electron chi connectivity index (χ2n) is 5.87. The lowest BCUT2D eigenvalue weighted by Crippen LogP contribution is -2.36. The summed E-state index contributed by atoms with van der Waals surface area (Å²) in [5, 5.41) is 5.20. The van der Waals surface area contributed by atoms with E-state index in [4.69, 9.17) is 4.74 Å². The lowest BCUT2D eigenvalue weighted by atomic mass is 10.3. The van der Waals surface area contributed by atoms with Crippen LogP contribution in [-0.4, -0.2) is 50.6 Å². The molecule has 0 heterocycles. The number of alkyl halides is 2. The van der Waals surface area contributed by atoms with Crippen molar-refractivity contribution < 1.29 is 27.8 Å². The van der Waals surface area contributed by atoms with Crippen molar-refractivity contribution in [3.8, 4) is 11.5 Å². The largest absolute Gasteiger partial charge is 0.497 e. The fraction of sp³-hybridized carbons (Fsp3) is 0.263. The van der Waals surface area contributed by atoms with Crippen molar-refractivity contribution >= 4 is 23.2 Å². The highest BCUT2D eigenvalue weighted by molar-refractivity contribution is 5.95. The van der Waals surface area contributed by atoms with Gasteiger partial charge in [-0.2, -0.15) is 8.78 Å². The number of ether oxygens (including phenoxy) is 2. The van der Waals surface area contributed by atoms with Crippen molar-refractivity contribution in [1.82, 2.24) is 4.90 Å². The number of carbonyl (C=O) groups is 2. The van der Waals surface area contributed by atoms with E-state index < -0.39 is 12.5 Å². The zero-order chi connectivity index (χ0) is 20.5. The summed E-state index contributed by atoms with van der Waals surface area (Å²) in [5.74, 6) is -0.236. The van der Waals surface area contributed by atoms with E-state index in [-0.39, 0.29) is 30.4 Å². The third-order valence-electron chi connectivity index (χ3n) is 3.58. The first-order valence-electron chi connectivity index (χ1n) is 8.33. The highest BCUT2D eigenvalue weighted by atomic mass is 19.3. The smallest absolute Gasteiger partial charge is 0.387 e. The highest BCUT2D eigenvalue weighted by Gasteiger charge is 2.14. The first-order valence-corrected chi connectivity index (χ1v) is 8.33. The summed E-state index contributed by atoms with van der Waals surface area (Å²) in [5.41, 5.74) is 0.727. The average molecular weight is 393 g/mol. The lowest BCUT2D eigenvalue weighted by molar-refractivity contribution is -0.119. The fourth-order valence-corrected chi connectivity index (χ4v) is 2.38. The number of methoxy groups -OCH3 is 1. The Bertz CT molecular complexity index is 800. The Kier molecular flexibility index (Phi) is 7.70. The molecule has 2 aromatic carbocycles. The lowest BCUT2D eigenvalue weighted by Gasteiger charge is -2.17. The summed E-state index contributed by atoms with van der Waals surface area (Å²) >= 11 is 0. The number of likely N-dealkylation sites (N-methyl/N-ethyl adjacent to an activating group) is 1. The maximum absolute atomic E-state index is 12.4. The Morgan fingerprint density at radius 3 is 2.21 bits per heavy atom. The Balaban J connectivity index is 1.84. The minimum atomic E-state index is -3.00. The van der Waals surface area contributed by atoms with Gasteiger partial charge in [0, 0.05) is 5.69 Å². The van der Waals surface area contributed by atoms with Crippen LogP contribution < -0.4 is 20.1 Å². The Morgan fingerprint density at radius 1 is 1.00 bits per heavy atom. The first kappa shape index (κ1) is 21.1. The zero-order valence-electron chi connectivity index (χ0n) is 15.4.